The Hall–Kier alpha value is -1.92. The van der Waals surface area contributed by atoms with Crippen LogP contribution < -0.4 is 5.32 Å². The van der Waals surface area contributed by atoms with E-state index in [1.807, 2.05) is 42.2 Å². The Kier molecular flexibility index (Phi) is 4.72. The van der Waals surface area contributed by atoms with E-state index in [0.29, 0.717) is 19.7 Å². The number of rotatable bonds is 3. The second kappa shape index (κ2) is 7.14. The van der Waals surface area contributed by atoms with Crippen LogP contribution in [-0.2, 0) is 16.0 Å². The highest BCUT2D eigenvalue weighted by Crippen LogP contribution is 2.38. The van der Waals surface area contributed by atoms with Gasteiger partial charge in [-0.05, 0) is 38.3 Å². The van der Waals surface area contributed by atoms with E-state index in [1.54, 1.807) is 11.3 Å². The predicted molar refractivity (Wildman–Crippen MR) is 99.5 cm³/mol. The lowest BCUT2D eigenvalue weighted by molar-refractivity contribution is -0.140. The number of carbonyl (C=O) groups excluding carboxylic acids is 1. The molecule has 1 fully saturated rings. The molecule has 132 valence electrons. The molecule has 5 nitrogen and oxygen atoms in total. The number of morpholine rings is 1. The quantitative estimate of drug-likeness (QED) is 0.913. The van der Waals surface area contributed by atoms with Crippen molar-refractivity contribution in [2.24, 2.45) is 0 Å². The maximum Gasteiger partial charge on any atom is 0.231 e. The van der Waals surface area contributed by atoms with Gasteiger partial charge in [-0.3, -0.25) is 4.79 Å². The first-order chi connectivity index (χ1) is 12.2. The van der Waals surface area contributed by atoms with E-state index in [-0.39, 0.29) is 17.9 Å². The van der Waals surface area contributed by atoms with Crippen molar-refractivity contribution in [1.29, 1.82) is 0 Å². The third-order valence-corrected chi connectivity index (χ3v) is 5.88. The van der Waals surface area contributed by atoms with Crippen molar-refractivity contribution < 1.29 is 9.53 Å². The van der Waals surface area contributed by atoms with Gasteiger partial charge in [-0.25, -0.2) is 4.98 Å². The Morgan fingerprint density at radius 3 is 3.00 bits per heavy atom. The monoisotopic (exact) mass is 357 g/mol. The van der Waals surface area contributed by atoms with Gasteiger partial charge in [0.1, 0.15) is 0 Å². The summed E-state index contributed by atoms with van der Waals surface area (Å²) in [5.74, 6) is 0.115. The third-order valence-electron chi connectivity index (χ3n) is 4.83. The highest BCUT2D eigenvalue weighted by atomic mass is 32.1. The van der Waals surface area contributed by atoms with Crippen LogP contribution in [-0.4, -0.2) is 41.6 Å². The van der Waals surface area contributed by atoms with Crippen LogP contribution in [0.3, 0.4) is 0 Å². The van der Waals surface area contributed by atoms with E-state index >= 15 is 0 Å². The van der Waals surface area contributed by atoms with Crippen LogP contribution in [0, 0.1) is 0 Å². The minimum Gasteiger partial charge on any atom is -0.375 e. The van der Waals surface area contributed by atoms with Crippen LogP contribution in [0.15, 0.2) is 30.3 Å². The summed E-state index contributed by atoms with van der Waals surface area (Å²) in [5.41, 5.74) is 2.01. The summed E-state index contributed by atoms with van der Waals surface area (Å²) < 4.78 is 5.57. The zero-order chi connectivity index (χ0) is 17.2. The Bertz CT molecular complexity index is 746. The number of fused-ring (bicyclic) bond motifs is 1. The normalized spacial score (nSPS) is 23.2. The summed E-state index contributed by atoms with van der Waals surface area (Å²) in [7, 11) is 0. The largest absolute Gasteiger partial charge is 0.375 e. The van der Waals surface area contributed by atoms with Gasteiger partial charge < -0.3 is 15.0 Å². The number of hydrogen-bond acceptors (Lipinski definition) is 5. The van der Waals surface area contributed by atoms with Crippen molar-refractivity contribution in [3.63, 3.8) is 0 Å². The Balaban J connectivity index is 1.54. The van der Waals surface area contributed by atoms with Crippen molar-refractivity contribution in [1.82, 2.24) is 9.88 Å². The molecule has 1 aromatic carbocycles. The van der Waals surface area contributed by atoms with Gasteiger partial charge in [-0.2, -0.15) is 0 Å². The fourth-order valence-electron chi connectivity index (χ4n) is 3.60. The molecule has 2 heterocycles. The number of aryl methyl sites for hydroxylation is 1. The number of amides is 1. The summed E-state index contributed by atoms with van der Waals surface area (Å²) >= 11 is 1.68. The van der Waals surface area contributed by atoms with Crippen molar-refractivity contribution in [2.75, 3.05) is 25.0 Å². The predicted octanol–water partition coefficient (Wildman–Crippen LogP) is 3.55. The Morgan fingerprint density at radius 2 is 2.20 bits per heavy atom. The maximum atomic E-state index is 13.0. The molecular weight excluding hydrogens is 334 g/mol. The van der Waals surface area contributed by atoms with Gasteiger partial charge in [0.15, 0.2) is 5.13 Å². The van der Waals surface area contributed by atoms with Crippen LogP contribution in [0.4, 0.5) is 10.8 Å². The van der Waals surface area contributed by atoms with Crippen molar-refractivity contribution in [3.05, 3.63) is 40.9 Å². The molecule has 0 bridgehead atoms. The summed E-state index contributed by atoms with van der Waals surface area (Å²) in [5, 5.41) is 4.25. The SMILES string of the molecule is CC1CN(C(=O)C2CCCc3sc(Nc4ccccc4)nc32)CCO1. The first-order valence-corrected chi connectivity index (χ1v) is 9.74. The summed E-state index contributed by atoms with van der Waals surface area (Å²) in [6.07, 6.45) is 3.08. The number of aromatic nitrogens is 1. The number of ether oxygens (including phenoxy) is 1. The number of nitrogens with zero attached hydrogens (tertiary/aromatic N) is 2. The minimum atomic E-state index is -0.100. The average molecular weight is 357 g/mol. The van der Waals surface area contributed by atoms with Crippen LogP contribution in [0.2, 0.25) is 0 Å². The molecule has 1 aliphatic carbocycles. The van der Waals surface area contributed by atoms with Gasteiger partial charge in [-0.1, -0.05) is 18.2 Å². The third kappa shape index (κ3) is 3.55. The van der Waals surface area contributed by atoms with Crippen molar-refractivity contribution in [3.8, 4) is 0 Å². The second-order valence-corrected chi connectivity index (χ2v) is 7.81. The van der Waals surface area contributed by atoms with Crippen LogP contribution in [0.5, 0.6) is 0 Å². The van der Waals surface area contributed by atoms with Gasteiger partial charge in [0, 0.05) is 23.7 Å². The van der Waals surface area contributed by atoms with E-state index in [0.717, 1.165) is 35.8 Å². The second-order valence-electron chi connectivity index (χ2n) is 6.73. The topological polar surface area (TPSA) is 54.5 Å². The lowest BCUT2D eigenvalue weighted by Crippen LogP contribution is -2.46. The number of anilines is 2. The number of thiazole rings is 1. The highest BCUT2D eigenvalue weighted by molar-refractivity contribution is 7.15. The lowest BCUT2D eigenvalue weighted by Gasteiger charge is -2.34. The standard InChI is InChI=1S/C19H23N3O2S/c1-13-12-22(10-11-24-13)18(23)15-8-5-9-16-17(15)21-19(25-16)20-14-6-3-2-4-7-14/h2-4,6-7,13,15H,5,8-12H2,1H3,(H,20,21). The van der Waals surface area contributed by atoms with Crippen LogP contribution >= 0.6 is 11.3 Å². The van der Waals surface area contributed by atoms with Crippen molar-refractivity contribution >= 4 is 28.1 Å². The molecule has 2 aromatic rings. The van der Waals surface area contributed by atoms with Gasteiger partial charge in [0.25, 0.3) is 0 Å². The summed E-state index contributed by atoms with van der Waals surface area (Å²) in [6.45, 7) is 4.03. The molecule has 25 heavy (non-hydrogen) atoms. The first-order valence-electron chi connectivity index (χ1n) is 8.93. The molecule has 1 amide bonds. The van der Waals surface area contributed by atoms with Crippen LogP contribution in [0.1, 0.15) is 36.3 Å². The molecule has 1 N–H and O–H groups in total. The molecule has 4 rings (SSSR count). The number of nitrogens with one attached hydrogen (secondary N) is 1. The van der Waals surface area contributed by atoms with Crippen LogP contribution in [0.25, 0.3) is 0 Å². The minimum absolute atomic E-state index is 0.100. The molecule has 2 aliphatic rings. The molecule has 0 saturated carbocycles. The van der Waals surface area contributed by atoms with E-state index in [2.05, 4.69) is 5.32 Å². The molecule has 2 unspecified atom stereocenters. The molecule has 0 radical (unpaired) electrons. The smallest absolute Gasteiger partial charge is 0.231 e. The fraction of sp³-hybridized carbons (Fsp3) is 0.474. The molecule has 6 heteroatoms. The molecule has 0 spiro atoms. The lowest BCUT2D eigenvalue weighted by atomic mass is 9.89. The number of benzene rings is 1. The van der Waals surface area contributed by atoms with E-state index < -0.39 is 0 Å². The number of hydrogen-bond donors (Lipinski definition) is 1. The van der Waals surface area contributed by atoms with Gasteiger partial charge >= 0.3 is 0 Å². The zero-order valence-corrected chi connectivity index (χ0v) is 15.2. The van der Waals surface area contributed by atoms with Gasteiger partial charge in [0.05, 0.1) is 24.3 Å². The fourth-order valence-corrected chi connectivity index (χ4v) is 4.68. The number of carbonyl (C=O) groups is 1. The van der Waals surface area contributed by atoms with Crippen molar-refractivity contribution in [2.45, 2.75) is 38.2 Å². The number of para-hydroxylation sites is 1. The van der Waals surface area contributed by atoms with Gasteiger partial charge in [0.2, 0.25) is 5.91 Å². The highest BCUT2D eigenvalue weighted by Gasteiger charge is 2.34. The van der Waals surface area contributed by atoms with E-state index in [1.165, 1.54) is 4.88 Å². The maximum absolute atomic E-state index is 13.0. The molecule has 2 atom stereocenters. The average Bonchev–Trinajstić information content (AvgIpc) is 3.04. The van der Waals surface area contributed by atoms with E-state index in [9.17, 15) is 4.79 Å². The van der Waals surface area contributed by atoms with Gasteiger partial charge in [-0.15, -0.1) is 11.3 Å². The molecular formula is C19H23N3O2S. The molecule has 1 saturated heterocycles. The zero-order valence-electron chi connectivity index (χ0n) is 14.4. The molecule has 1 aliphatic heterocycles. The Labute approximate surface area is 152 Å². The first kappa shape index (κ1) is 16.5. The summed E-state index contributed by atoms with van der Waals surface area (Å²) in [6, 6.07) is 10.1. The molecule has 1 aromatic heterocycles. The van der Waals surface area contributed by atoms with E-state index in [4.69, 9.17) is 9.72 Å². The summed E-state index contributed by atoms with van der Waals surface area (Å²) in [4.78, 5) is 21.0. The Morgan fingerprint density at radius 1 is 1.36 bits per heavy atom.